The van der Waals surface area contributed by atoms with Gasteiger partial charge in [0.2, 0.25) is 11.7 Å². The zero-order valence-corrected chi connectivity index (χ0v) is 10.8. The van der Waals surface area contributed by atoms with Gasteiger partial charge in [0.1, 0.15) is 24.8 Å². The van der Waals surface area contributed by atoms with E-state index in [1.54, 1.807) is 19.1 Å². The van der Waals surface area contributed by atoms with E-state index in [1.807, 2.05) is 6.07 Å². The van der Waals surface area contributed by atoms with E-state index < -0.39 is 0 Å². The van der Waals surface area contributed by atoms with E-state index in [0.29, 0.717) is 11.1 Å². The zero-order valence-electron chi connectivity index (χ0n) is 10.8. The molecule has 2 aromatic rings. The number of carbonyl (C=O) groups excluding carboxylic acids is 1. The van der Waals surface area contributed by atoms with Gasteiger partial charge in [0.15, 0.2) is 0 Å². The quantitative estimate of drug-likeness (QED) is 0.897. The Morgan fingerprint density at radius 3 is 3.05 bits per heavy atom. The molecule has 0 radical (unpaired) electrons. The van der Waals surface area contributed by atoms with Crippen LogP contribution >= 0.6 is 0 Å². The Kier molecular flexibility index (Phi) is 4.05. The molecule has 0 spiro atoms. The van der Waals surface area contributed by atoms with E-state index in [4.69, 9.17) is 5.26 Å². The van der Waals surface area contributed by atoms with Crippen molar-refractivity contribution >= 4 is 5.91 Å². The predicted molar refractivity (Wildman–Crippen MR) is 67.7 cm³/mol. The standard InChI is InChI=1S/C13H12FN5O/c1-9-2-3-10(4-11(9)14)6-16-13(20)7-19-8-17-18-12(19)5-15/h2-4,8H,6-7H2,1H3,(H,16,20). The van der Waals surface area contributed by atoms with Crippen molar-refractivity contribution < 1.29 is 9.18 Å². The van der Waals surface area contributed by atoms with Crippen LogP contribution in [0.25, 0.3) is 0 Å². The van der Waals surface area contributed by atoms with Crippen LogP contribution in [0.4, 0.5) is 4.39 Å². The summed E-state index contributed by atoms with van der Waals surface area (Å²) in [4.78, 5) is 11.7. The molecule has 102 valence electrons. The van der Waals surface area contributed by atoms with Crippen molar-refractivity contribution in [3.05, 3.63) is 47.3 Å². The monoisotopic (exact) mass is 273 g/mol. The molecule has 1 heterocycles. The second kappa shape index (κ2) is 5.93. The third-order valence-corrected chi connectivity index (χ3v) is 2.76. The van der Waals surface area contributed by atoms with Gasteiger partial charge in [-0.25, -0.2) is 4.39 Å². The van der Waals surface area contributed by atoms with Crippen LogP contribution in [-0.2, 0) is 17.9 Å². The number of aryl methyl sites for hydroxylation is 1. The number of halogens is 1. The van der Waals surface area contributed by atoms with E-state index in [2.05, 4.69) is 15.5 Å². The van der Waals surface area contributed by atoms with E-state index in [9.17, 15) is 9.18 Å². The lowest BCUT2D eigenvalue weighted by Crippen LogP contribution is -2.27. The van der Waals surface area contributed by atoms with E-state index in [0.717, 1.165) is 0 Å². The van der Waals surface area contributed by atoms with Gasteiger partial charge in [-0.05, 0) is 24.1 Å². The van der Waals surface area contributed by atoms with Gasteiger partial charge in [-0.1, -0.05) is 12.1 Å². The number of nitrogens with one attached hydrogen (secondary N) is 1. The predicted octanol–water partition coefficient (Wildman–Crippen LogP) is 0.914. The molecule has 0 atom stereocenters. The molecular formula is C13H12FN5O. The SMILES string of the molecule is Cc1ccc(CNC(=O)Cn2cnnc2C#N)cc1F. The van der Waals surface area contributed by atoms with Crippen molar-refractivity contribution in [3.63, 3.8) is 0 Å². The summed E-state index contributed by atoms with van der Waals surface area (Å²) in [6.07, 6.45) is 1.31. The lowest BCUT2D eigenvalue weighted by Gasteiger charge is -2.07. The van der Waals surface area contributed by atoms with Gasteiger partial charge in [-0.15, -0.1) is 10.2 Å². The number of hydrogen-bond donors (Lipinski definition) is 1. The molecule has 1 aromatic heterocycles. The number of nitrogens with zero attached hydrogens (tertiary/aromatic N) is 4. The van der Waals surface area contributed by atoms with Gasteiger partial charge in [0.05, 0.1) is 0 Å². The fraction of sp³-hybridized carbons (Fsp3) is 0.231. The molecule has 0 bridgehead atoms. The molecule has 6 nitrogen and oxygen atoms in total. The molecule has 0 saturated heterocycles. The van der Waals surface area contributed by atoms with Crippen molar-refractivity contribution in [2.24, 2.45) is 0 Å². The molecule has 0 aliphatic carbocycles. The summed E-state index contributed by atoms with van der Waals surface area (Å²) >= 11 is 0. The maximum Gasteiger partial charge on any atom is 0.240 e. The highest BCUT2D eigenvalue weighted by atomic mass is 19.1. The van der Waals surface area contributed by atoms with Crippen LogP contribution in [0, 0.1) is 24.1 Å². The lowest BCUT2D eigenvalue weighted by molar-refractivity contribution is -0.121. The molecule has 1 aromatic carbocycles. The smallest absolute Gasteiger partial charge is 0.240 e. The summed E-state index contributed by atoms with van der Waals surface area (Å²) < 4.78 is 14.7. The third-order valence-electron chi connectivity index (χ3n) is 2.76. The second-order valence-corrected chi connectivity index (χ2v) is 4.25. The Labute approximate surface area is 114 Å². The van der Waals surface area contributed by atoms with Crippen molar-refractivity contribution in [2.75, 3.05) is 0 Å². The lowest BCUT2D eigenvalue weighted by atomic mass is 10.1. The summed E-state index contributed by atoms with van der Waals surface area (Å²) in [7, 11) is 0. The second-order valence-electron chi connectivity index (χ2n) is 4.25. The van der Waals surface area contributed by atoms with Gasteiger partial charge in [0, 0.05) is 6.54 Å². The minimum absolute atomic E-state index is 0.0514. The first-order chi connectivity index (χ1) is 9.60. The molecule has 0 unspecified atom stereocenters. The fourth-order valence-electron chi connectivity index (χ4n) is 1.61. The molecule has 1 N–H and O–H groups in total. The summed E-state index contributed by atoms with van der Waals surface area (Å²) in [6.45, 7) is 1.84. The van der Waals surface area contributed by atoms with Gasteiger partial charge < -0.3 is 5.32 Å². The normalized spacial score (nSPS) is 10.1. The number of rotatable bonds is 4. The zero-order chi connectivity index (χ0) is 14.5. The number of hydrogen-bond acceptors (Lipinski definition) is 4. The molecule has 2 rings (SSSR count). The summed E-state index contributed by atoms with van der Waals surface area (Å²) in [5.74, 6) is -0.536. The van der Waals surface area contributed by atoms with Crippen LogP contribution in [0.2, 0.25) is 0 Å². The van der Waals surface area contributed by atoms with Crippen molar-refractivity contribution in [1.29, 1.82) is 5.26 Å². The summed E-state index contributed by atoms with van der Waals surface area (Å²) in [5.41, 5.74) is 1.23. The van der Waals surface area contributed by atoms with Crippen molar-refractivity contribution in [2.45, 2.75) is 20.0 Å². The molecule has 0 saturated carbocycles. The average molecular weight is 273 g/mol. The molecule has 1 amide bonds. The average Bonchev–Trinajstić information content (AvgIpc) is 2.87. The Hall–Kier alpha value is -2.75. The summed E-state index contributed by atoms with van der Waals surface area (Å²) in [6, 6.07) is 6.62. The Morgan fingerprint density at radius 2 is 2.35 bits per heavy atom. The molecule has 0 fully saturated rings. The topological polar surface area (TPSA) is 83.6 Å². The highest BCUT2D eigenvalue weighted by Gasteiger charge is 2.08. The van der Waals surface area contributed by atoms with Crippen LogP contribution in [0.5, 0.6) is 0 Å². The van der Waals surface area contributed by atoms with Crippen LogP contribution in [-0.4, -0.2) is 20.7 Å². The number of aromatic nitrogens is 3. The maximum absolute atomic E-state index is 13.3. The minimum atomic E-state index is -0.303. The summed E-state index contributed by atoms with van der Waals surface area (Å²) in [5, 5.41) is 18.5. The van der Waals surface area contributed by atoms with Crippen LogP contribution in [0.3, 0.4) is 0 Å². The first kappa shape index (κ1) is 13.7. The largest absolute Gasteiger partial charge is 0.350 e. The molecule has 0 aliphatic rings. The van der Waals surface area contributed by atoms with Gasteiger partial charge in [-0.2, -0.15) is 5.26 Å². The third kappa shape index (κ3) is 3.17. The fourth-order valence-corrected chi connectivity index (χ4v) is 1.61. The van der Waals surface area contributed by atoms with E-state index in [-0.39, 0.29) is 30.6 Å². The van der Waals surface area contributed by atoms with E-state index >= 15 is 0 Å². The van der Waals surface area contributed by atoms with E-state index in [1.165, 1.54) is 17.0 Å². The number of carbonyl (C=O) groups is 1. The Bertz CT molecular complexity index is 674. The van der Waals surface area contributed by atoms with Crippen LogP contribution in [0.15, 0.2) is 24.5 Å². The van der Waals surface area contributed by atoms with Crippen molar-refractivity contribution in [1.82, 2.24) is 20.1 Å². The van der Waals surface area contributed by atoms with Crippen LogP contribution in [0.1, 0.15) is 17.0 Å². The highest BCUT2D eigenvalue weighted by Crippen LogP contribution is 2.08. The first-order valence-electron chi connectivity index (χ1n) is 5.90. The van der Waals surface area contributed by atoms with Crippen LogP contribution < -0.4 is 5.32 Å². The minimum Gasteiger partial charge on any atom is -0.350 e. The highest BCUT2D eigenvalue weighted by molar-refractivity contribution is 5.75. The number of nitriles is 1. The molecule has 20 heavy (non-hydrogen) atoms. The van der Waals surface area contributed by atoms with Gasteiger partial charge >= 0.3 is 0 Å². The Balaban J connectivity index is 1.92. The van der Waals surface area contributed by atoms with Gasteiger partial charge in [0.25, 0.3) is 0 Å². The van der Waals surface area contributed by atoms with Crippen molar-refractivity contribution in [3.8, 4) is 6.07 Å². The Morgan fingerprint density at radius 1 is 1.55 bits per heavy atom. The van der Waals surface area contributed by atoms with Gasteiger partial charge in [-0.3, -0.25) is 9.36 Å². The molecule has 7 heteroatoms. The molecule has 0 aliphatic heterocycles. The first-order valence-corrected chi connectivity index (χ1v) is 5.90. The number of amides is 1. The maximum atomic E-state index is 13.3. The molecular weight excluding hydrogens is 261 g/mol. The number of benzene rings is 1.